The Bertz CT molecular complexity index is 729. The molecule has 2 rings (SSSR count). The highest BCUT2D eigenvalue weighted by Crippen LogP contribution is 2.17. The van der Waals surface area contributed by atoms with Crippen LogP contribution in [-0.4, -0.2) is 8.42 Å². The predicted octanol–water partition coefficient (Wildman–Crippen LogP) is 2.14. The van der Waals surface area contributed by atoms with E-state index in [0.717, 1.165) is 5.56 Å². The SMILES string of the molecule is N#CCc1ccc(S(=O)(=O)Nc2ccc(N)cc2)cc1. The van der Waals surface area contributed by atoms with E-state index < -0.39 is 10.0 Å². The monoisotopic (exact) mass is 287 g/mol. The molecule has 0 aliphatic carbocycles. The smallest absolute Gasteiger partial charge is 0.261 e. The second-order valence-corrected chi connectivity index (χ2v) is 5.89. The molecule has 2 aromatic carbocycles. The Hall–Kier alpha value is -2.52. The Balaban J connectivity index is 2.22. The van der Waals surface area contributed by atoms with Gasteiger partial charge in [0.2, 0.25) is 0 Å². The molecule has 102 valence electrons. The zero-order valence-electron chi connectivity index (χ0n) is 10.6. The fraction of sp³-hybridized carbons (Fsp3) is 0.0714. The van der Waals surface area contributed by atoms with E-state index in [1.165, 1.54) is 12.1 Å². The standard InChI is InChI=1S/C14H13N3O2S/c15-10-9-11-1-7-14(8-2-11)20(18,19)17-13-5-3-12(16)4-6-13/h1-8,17H,9,16H2. The number of nitrogens with two attached hydrogens (primary N) is 1. The first-order valence-electron chi connectivity index (χ1n) is 5.85. The molecule has 0 aromatic heterocycles. The number of benzene rings is 2. The van der Waals surface area contributed by atoms with Crippen LogP contribution >= 0.6 is 0 Å². The van der Waals surface area contributed by atoms with Crippen molar-refractivity contribution in [3.63, 3.8) is 0 Å². The predicted molar refractivity (Wildman–Crippen MR) is 77.4 cm³/mol. The van der Waals surface area contributed by atoms with Gasteiger partial charge in [0, 0.05) is 11.4 Å². The van der Waals surface area contributed by atoms with Gasteiger partial charge in [-0.15, -0.1) is 0 Å². The van der Waals surface area contributed by atoms with Crippen LogP contribution in [0.1, 0.15) is 5.56 Å². The van der Waals surface area contributed by atoms with Gasteiger partial charge in [-0.3, -0.25) is 4.72 Å². The van der Waals surface area contributed by atoms with Crippen LogP contribution < -0.4 is 10.5 Å². The molecular weight excluding hydrogens is 274 g/mol. The maximum absolute atomic E-state index is 12.1. The van der Waals surface area contributed by atoms with E-state index in [1.54, 1.807) is 36.4 Å². The minimum Gasteiger partial charge on any atom is -0.399 e. The molecule has 0 saturated heterocycles. The average Bonchev–Trinajstić information content (AvgIpc) is 2.42. The number of anilines is 2. The second-order valence-electron chi connectivity index (χ2n) is 4.21. The fourth-order valence-corrected chi connectivity index (χ4v) is 2.70. The van der Waals surface area contributed by atoms with E-state index >= 15 is 0 Å². The molecule has 0 bridgehead atoms. The van der Waals surface area contributed by atoms with Crippen molar-refractivity contribution < 1.29 is 8.42 Å². The largest absolute Gasteiger partial charge is 0.399 e. The number of nitrogens with one attached hydrogen (secondary N) is 1. The summed E-state index contributed by atoms with van der Waals surface area (Å²) in [7, 11) is -3.63. The molecule has 0 aliphatic rings. The lowest BCUT2D eigenvalue weighted by Gasteiger charge is -2.08. The van der Waals surface area contributed by atoms with Crippen LogP contribution in [-0.2, 0) is 16.4 Å². The number of rotatable bonds is 4. The van der Waals surface area contributed by atoms with E-state index in [0.29, 0.717) is 11.4 Å². The molecule has 0 radical (unpaired) electrons. The molecule has 0 unspecified atom stereocenters. The van der Waals surface area contributed by atoms with Crippen molar-refractivity contribution in [2.75, 3.05) is 10.5 Å². The zero-order valence-corrected chi connectivity index (χ0v) is 11.4. The quantitative estimate of drug-likeness (QED) is 0.842. The van der Waals surface area contributed by atoms with Gasteiger partial charge in [-0.2, -0.15) is 5.26 Å². The van der Waals surface area contributed by atoms with Gasteiger partial charge in [-0.25, -0.2) is 8.42 Å². The van der Waals surface area contributed by atoms with Gasteiger partial charge < -0.3 is 5.73 Å². The van der Waals surface area contributed by atoms with Crippen LogP contribution in [0.2, 0.25) is 0 Å². The first kappa shape index (κ1) is 13.9. The molecule has 0 atom stereocenters. The van der Waals surface area contributed by atoms with Crippen LogP contribution in [0.15, 0.2) is 53.4 Å². The highest BCUT2D eigenvalue weighted by molar-refractivity contribution is 7.92. The number of nitrogens with zero attached hydrogens (tertiary/aromatic N) is 1. The van der Waals surface area contributed by atoms with Gasteiger partial charge >= 0.3 is 0 Å². The summed E-state index contributed by atoms with van der Waals surface area (Å²) in [6.07, 6.45) is 0.256. The molecule has 0 amide bonds. The Kier molecular flexibility index (Phi) is 3.91. The Morgan fingerprint density at radius 1 is 1.05 bits per heavy atom. The normalized spacial score (nSPS) is 10.8. The summed E-state index contributed by atoms with van der Waals surface area (Å²) < 4.78 is 26.8. The zero-order chi connectivity index (χ0) is 14.6. The van der Waals surface area contributed by atoms with Crippen LogP contribution in [0.4, 0.5) is 11.4 Å². The molecule has 0 heterocycles. The lowest BCUT2D eigenvalue weighted by atomic mass is 10.2. The van der Waals surface area contributed by atoms with Crippen LogP contribution in [0.5, 0.6) is 0 Å². The van der Waals surface area contributed by atoms with Gasteiger partial charge in [0.05, 0.1) is 17.4 Å². The summed E-state index contributed by atoms with van der Waals surface area (Å²) in [4.78, 5) is 0.149. The van der Waals surface area contributed by atoms with Crippen LogP contribution in [0.3, 0.4) is 0 Å². The number of nitriles is 1. The van der Waals surface area contributed by atoms with Crippen molar-refractivity contribution in [2.45, 2.75) is 11.3 Å². The number of hydrogen-bond acceptors (Lipinski definition) is 4. The molecule has 0 saturated carbocycles. The lowest BCUT2D eigenvalue weighted by Crippen LogP contribution is -2.12. The summed E-state index contributed by atoms with van der Waals surface area (Å²) in [6, 6.07) is 14.6. The molecular formula is C14H13N3O2S. The third kappa shape index (κ3) is 3.28. The van der Waals surface area contributed by atoms with Crippen molar-refractivity contribution >= 4 is 21.4 Å². The van der Waals surface area contributed by atoms with E-state index in [9.17, 15) is 8.42 Å². The molecule has 0 spiro atoms. The van der Waals surface area contributed by atoms with Crippen molar-refractivity contribution in [3.05, 3.63) is 54.1 Å². The third-order valence-corrected chi connectivity index (χ3v) is 4.08. The molecule has 0 aliphatic heterocycles. The Labute approximate surface area is 117 Å². The van der Waals surface area contributed by atoms with Gasteiger partial charge in [0.15, 0.2) is 0 Å². The van der Waals surface area contributed by atoms with Gasteiger partial charge in [-0.1, -0.05) is 12.1 Å². The first-order chi connectivity index (χ1) is 9.51. The average molecular weight is 287 g/mol. The summed E-state index contributed by atoms with van der Waals surface area (Å²) in [6.45, 7) is 0. The van der Waals surface area contributed by atoms with Gasteiger partial charge in [0.25, 0.3) is 10.0 Å². The number of sulfonamides is 1. The second kappa shape index (κ2) is 5.63. The van der Waals surface area contributed by atoms with E-state index in [-0.39, 0.29) is 11.3 Å². The Morgan fingerprint density at radius 2 is 1.65 bits per heavy atom. The first-order valence-corrected chi connectivity index (χ1v) is 7.34. The topological polar surface area (TPSA) is 96.0 Å². The molecule has 5 nitrogen and oxygen atoms in total. The van der Waals surface area contributed by atoms with Crippen molar-refractivity contribution in [1.82, 2.24) is 0 Å². The van der Waals surface area contributed by atoms with Crippen molar-refractivity contribution in [1.29, 1.82) is 5.26 Å². The lowest BCUT2D eigenvalue weighted by molar-refractivity contribution is 0.601. The number of hydrogen-bond donors (Lipinski definition) is 2. The maximum Gasteiger partial charge on any atom is 0.261 e. The van der Waals surface area contributed by atoms with Crippen molar-refractivity contribution in [2.24, 2.45) is 0 Å². The highest BCUT2D eigenvalue weighted by Gasteiger charge is 2.13. The molecule has 20 heavy (non-hydrogen) atoms. The van der Waals surface area contributed by atoms with Crippen LogP contribution in [0.25, 0.3) is 0 Å². The fourth-order valence-electron chi connectivity index (χ4n) is 1.64. The maximum atomic E-state index is 12.1. The number of nitrogen functional groups attached to an aromatic ring is 1. The van der Waals surface area contributed by atoms with E-state index in [2.05, 4.69) is 4.72 Å². The van der Waals surface area contributed by atoms with Gasteiger partial charge in [-0.05, 0) is 42.0 Å². The van der Waals surface area contributed by atoms with E-state index in [1.807, 2.05) is 6.07 Å². The molecule has 6 heteroatoms. The third-order valence-electron chi connectivity index (χ3n) is 2.68. The van der Waals surface area contributed by atoms with Crippen LogP contribution in [0, 0.1) is 11.3 Å². The summed E-state index contributed by atoms with van der Waals surface area (Å²) in [5, 5.41) is 8.58. The molecule has 3 N–H and O–H groups in total. The van der Waals surface area contributed by atoms with E-state index in [4.69, 9.17) is 11.0 Å². The minimum absolute atomic E-state index is 0.149. The summed E-state index contributed by atoms with van der Waals surface area (Å²) in [5.41, 5.74) is 7.33. The summed E-state index contributed by atoms with van der Waals surface area (Å²) >= 11 is 0. The van der Waals surface area contributed by atoms with Crippen molar-refractivity contribution in [3.8, 4) is 6.07 Å². The minimum atomic E-state index is -3.63. The highest BCUT2D eigenvalue weighted by atomic mass is 32.2. The Morgan fingerprint density at radius 3 is 2.20 bits per heavy atom. The molecule has 2 aromatic rings. The summed E-state index contributed by atoms with van der Waals surface area (Å²) in [5.74, 6) is 0. The molecule has 0 fully saturated rings. The van der Waals surface area contributed by atoms with Gasteiger partial charge in [0.1, 0.15) is 0 Å².